The SMILES string of the molecule is CCCCCCCCCCCCNC(=O)CCCNC(=O)[C@@H]1CCCN1Cc1cccnc1. The van der Waals surface area contributed by atoms with Gasteiger partial charge in [0.1, 0.15) is 0 Å². The first-order chi connectivity index (χ1) is 16.2. The third kappa shape index (κ3) is 12.2. The summed E-state index contributed by atoms with van der Waals surface area (Å²) in [5.41, 5.74) is 1.14. The third-order valence-corrected chi connectivity index (χ3v) is 6.51. The lowest BCUT2D eigenvalue weighted by Crippen LogP contribution is -2.43. The molecule has 1 saturated heterocycles. The lowest BCUT2D eigenvalue weighted by molar-refractivity contribution is -0.126. The fourth-order valence-corrected chi connectivity index (χ4v) is 4.55. The molecule has 1 aromatic rings. The maximum Gasteiger partial charge on any atom is 0.237 e. The van der Waals surface area contributed by atoms with Crippen LogP contribution in [0.3, 0.4) is 0 Å². The fourth-order valence-electron chi connectivity index (χ4n) is 4.55. The Morgan fingerprint density at radius 2 is 1.67 bits per heavy atom. The lowest BCUT2D eigenvalue weighted by atomic mass is 10.1. The zero-order chi connectivity index (χ0) is 23.6. The second kappa shape index (κ2) is 17.5. The molecule has 2 N–H and O–H groups in total. The minimum Gasteiger partial charge on any atom is -0.356 e. The van der Waals surface area contributed by atoms with Crippen molar-refractivity contribution in [3.05, 3.63) is 30.1 Å². The first-order valence-electron chi connectivity index (χ1n) is 13.4. The Morgan fingerprint density at radius 1 is 0.970 bits per heavy atom. The van der Waals surface area contributed by atoms with Gasteiger partial charge in [-0.15, -0.1) is 0 Å². The number of carbonyl (C=O) groups excluding carboxylic acids is 2. The largest absolute Gasteiger partial charge is 0.356 e. The van der Waals surface area contributed by atoms with E-state index in [4.69, 9.17) is 0 Å². The van der Waals surface area contributed by atoms with E-state index in [0.29, 0.717) is 19.4 Å². The molecule has 2 rings (SSSR count). The summed E-state index contributed by atoms with van der Waals surface area (Å²) in [6.07, 6.45) is 19.8. The van der Waals surface area contributed by atoms with Crippen molar-refractivity contribution in [1.29, 1.82) is 0 Å². The smallest absolute Gasteiger partial charge is 0.237 e. The number of amides is 2. The van der Waals surface area contributed by atoms with Crippen molar-refractivity contribution in [3.8, 4) is 0 Å². The Morgan fingerprint density at radius 3 is 2.36 bits per heavy atom. The summed E-state index contributed by atoms with van der Waals surface area (Å²) in [4.78, 5) is 31.0. The molecule has 33 heavy (non-hydrogen) atoms. The normalized spacial score (nSPS) is 16.1. The van der Waals surface area contributed by atoms with Gasteiger partial charge in [-0.3, -0.25) is 19.5 Å². The number of unbranched alkanes of at least 4 members (excludes halogenated alkanes) is 9. The maximum atomic E-state index is 12.6. The Balaban J connectivity index is 1.44. The van der Waals surface area contributed by atoms with Crippen LogP contribution >= 0.6 is 0 Å². The van der Waals surface area contributed by atoms with Crippen molar-refractivity contribution < 1.29 is 9.59 Å². The van der Waals surface area contributed by atoms with Gasteiger partial charge in [0.25, 0.3) is 0 Å². The predicted molar refractivity (Wildman–Crippen MR) is 135 cm³/mol. The zero-order valence-corrected chi connectivity index (χ0v) is 20.8. The summed E-state index contributed by atoms with van der Waals surface area (Å²) in [5, 5.41) is 6.05. The van der Waals surface area contributed by atoms with E-state index >= 15 is 0 Å². The molecular weight excluding hydrogens is 412 g/mol. The Bertz CT molecular complexity index is 653. The average Bonchev–Trinajstić information content (AvgIpc) is 3.29. The molecule has 0 bridgehead atoms. The van der Waals surface area contributed by atoms with E-state index in [2.05, 4.69) is 33.5 Å². The van der Waals surface area contributed by atoms with Gasteiger partial charge in [-0.1, -0.05) is 70.8 Å². The van der Waals surface area contributed by atoms with Crippen LogP contribution in [0.1, 0.15) is 102 Å². The van der Waals surface area contributed by atoms with Crippen LogP contribution in [0.4, 0.5) is 0 Å². The minimum atomic E-state index is -0.0737. The minimum absolute atomic E-state index is 0.0737. The van der Waals surface area contributed by atoms with Crippen molar-refractivity contribution >= 4 is 11.8 Å². The Labute approximate surface area is 201 Å². The number of aromatic nitrogens is 1. The molecule has 0 aromatic carbocycles. The topological polar surface area (TPSA) is 74.3 Å². The highest BCUT2D eigenvalue weighted by Gasteiger charge is 2.30. The van der Waals surface area contributed by atoms with E-state index in [1.54, 1.807) is 6.20 Å². The predicted octanol–water partition coefficient (Wildman–Crippen LogP) is 4.98. The molecule has 1 aromatic heterocycles. The van der Waals surface area contributed by atoms with E-state index in [0.717, 1.165) is 44.5 Å². The molecule has 1 fully saturated rings. The van der Waals surface area contributed by atoms with Gasteiger partial charge in [-0.25, -0.2) is 0 Å². The first-order valence-corrected chi connectivity index (χ1v) is 13.4. The number of likely N-dealkylation sites (tertiary alicyclic amines) is 1. The van der Waals surface area contributed by atoms with Crippen LogP contribution < -0.4 is 10.6 Å². The molecule has 0 spiro atoms. The molecule has 1 atom stereocenters. The van der Waals surface area contributed by atoms with Crippen LogP contribution in [0, 0.1) is 0 Å². The molecule has 2 amide bonds. The number of carbonyl (C=O) groups is 2. The maximum absolute atomic E-state index is 12.6. The van der Waals surface area contributed by atoms with Crippen LogP contribution in [0.25, 0.3) is 0 Å². The molecule has 6 heteroatoms. The van der Waals surface area contributed by atoms with E-state index in [9.17, 15) is 9.59 Å². The second-order valence-corrected chi connectivity index (χ2v) is 9.42. The summed E-state index contributed by atoms with van der Waals surface area (Å²) in [7, 11) is 0. The van der Waals surface area contributed by atoms with Gasteiger partial charge in [-0.2, -0.15) is 0 Å². The monoisotopic (exact) mass is 458 g/mol. The van der Waals surface area contributed by atoms with Crippen molar-refractivity contribution in [2.75, 3.05) is 19.6 Å². The molecule has 0 unspecified atom stereocenters. The Kier molecular flexibility index (Phi) is 14.5. The number of nitrogens with one attached hydrogen (secondary N) is 2. The molecule has 1 aliphatic heterocycles. The van der Waals surface area contributed by atoms with E-state index in [1.807, 2.05) is 12.3 Å². The number of hydrogen-bond donors (Lipinski definition) is 2. The summed E-state index contributed by atoms with van der Waals surface area (Å²) >= 11 is 0. The standard InChI is InChI=1S/C27H46N4O2/c1-2-3-4-5-6-7-8-9-10-11-19-29-26(32)17-13-20-30-27(33)25-16-14-21-31(25)23-24-15-12-18-28-22-24/h12,15,18,22,25H,2-11,13-14,16-17,19-21,23H2,1H3,(H,29,32)(H,30,33)/t25-/m0/s1. The molecule has 1 aliphatic rings. The quantitative estimate of drug-likeness (QED) is 0.304. The molecule has 0 saturated carbocycles. The average molecular weight is 459 g/mol. The number of nitrogens with zero attached hydrogens (tertiary/aromatic N) is 2. The van der Waals surface area contributed by atoms with Gasteiger partial charge in [0.15, 0.2) is 0 Å². The summed E-state index contributed by atoms with van der Waals surface area (Å²) < 4.78 is 0. The van der Waals surface area contributed by atoms with Crippen LogP contribution in [0.15, 0.2) is 24.5 Å². The number of rotatable bonds is 18. The second-order valence-electron chi connectivity index (χ2n) is 9.42. The van der Waals surface area contributed by atoms with Crippen LogP contribution in [-0.4, -0.2) is 47.4 Å². The zero-order valence-electron chi connectivity index (χ0n) is 20.8. The molecule has 0 radical (unpaired) electrons. The van der Waals surface area contributed by atoms with Crippen molar-refractivity contribution in [3.63, 3.8) is 0 Å². The highest BCUT2D eigenvalue weighted by molar-refractivity contribution is 5.82. The summed E-state index contributed by atoms with van der Waals surface area (Å²) in [6, 6.07) is 3.91. The van der Waals surface area contributed by atoms with E-state index < -0.39 is 0 Å². The summed E-state index contributed by atoms with van der Waals surface area (Å²) in [5.74, 6) is 0.182. The van der Waals surface area contributed by atoms with Gasteiger partial charge in [0, 0.05) is 38.4 Å². The van der Waals surface area contributed by atoms with Crippen molar-refractivity contribution in [2.45, 2.75) is 109 Å². The van der Waals surface area contributed by atoms with Crippen LogP contribution in [-0.2, 0) is 16.1 Å². The molecule has 0 aliphatic carbocycles. The van der Waals surface area contributed by atoms with Gasteiger partial charge in [0.05, 0.1) is 6.04 Å². The fraction of sp³-hybridized carbons (Fsp3) is 0.741. The molecular formula is C27H46N4O2. The van der Waals surface area contributed by atoms with Gasteiger partial charge in [-0.05, 0) is 43.9 Å². The lowest BCUT2D eigenvalue weighted by Gasteiger charge is -2.23. The number of pyridine rings is 1. The van der Waals surface area contributed by atoms with Crippen LogP contribution in [0.2, 0.25) is 0 Å². The van der Waals surface area contributed by atoms with Gasteiger partial charge < -0.3 is 10.6 Å². The molecule has 186 valence electrons. The third-order valence-electron chi connectivity index (χ3n) is 6.51. The van der Waals surface area contributed by atoms with Gasteiger partial charge in [0.2, 0.25) is 11.8 Å². The number of hydrogen-bond acceptors (Lipinski definition) is 4. The highest BCUT2D eigenvalue weighted by atomic mass is 16.2. The van der Waals surface area contributed by atoms with E-state index in [-0.39, 0.29) is 17.9 Å². The van der Waals surface area contributed by atoms with E-state index in [1.165, 1.54) is 57.8 Å². The Hall–Kier alpha value is -1.95. The highest BCUT2D eigenvalue weighted by Crippen LogP contribution is 2.20. The van der Waals surface area contributed by atoms with Crippen molar-refractivity contribution in [2.24, 2.45) is 0 Å². The molecule has 2 heterocycles. The van der Waals surface area contributed by atoms with Gasteiger partial charge >= 0.3 is 0 Å². The first kappa shape index (κ1) is 27.3. The summed E-state index contributed by atoms with van der Waals surface area (Å²) in [6.45, 7) is 5.28. The molecule has 6 nitrogen and oxygen atoms in total. The van der Waals surface area contributed by atoms with Crippen LogP contribution in [0.5, 0.6) is 0 Å². The van der Waals surface area contributed by atoms with Crippen molar-refractivity contribution in [1.82, 2.24) is 20.5 Å².